The second-order valence-corrected chi connectivity index (χ2v) is 5.74. The van der Waals surface area contributed by atoms with E-state index in [0.29, 0.717) is 18.5 Å². The molecule has 4 nitrogen and oxygen atoms in total. The number of hydrogen-bond acceptors (Lipinski definition) is 2. The van der Waals surface area contributed by atoms with Crippen molar-refractivity contribution in [2.45, 2.75) is 52.6 Å². The summed E-state index contributed by atoms with van der Waals surface area (Å²) >= 11 is 0. The minimum Gasteiger partial charge on any atom is -0.508 e. The lowest BCUT2D eigenvalue weighted by Crippen LogP contribution is -2.38. The molecule has 120 valence electrons. The largest absolute Gasteiger partial charge is 0.508 e. The second kappa shape index (κ2) is 10.7. The number of guanidine groups is 1. The van der Waals surface area contributed by atoms with Gasteiger partial charge in [-0.15, -0.1) is 24.0 Å². The number of hydrogen-bond donors (Lipinski definition) is 3. The van der Waals surface area contributed by atoms with Gasteiger partial charge in [-0.2, -0.15) is 0 Å². The SMILES string of the molecule is CC(C)CCCC(C)NC(N)=NCc1ccc(O)cc1.I. The lowest BCUT2D eigenvalue weighted by molar-refractivity contribution is 0.475. The number of halogens is 1. The zero-order valence-corrected chi connectivity index (χ0v) is 15.5. The molecule has 0 aliphatic rings. The zero-order chi connectivity index (χ0) is 15.0. The number of aromatic hydroxyl groups is 1. The first-order chi connectivity index (χ1) is 9.47. The van der Waals surface area contributed by atoms with Gasteiger partial charge in [-0.05, 0) is 37.0 Å². The van der Waals surface area contributed by atoms with E-state index in [4.69, 9.17) is 5.73 Å². The molecule has 0 spiro atoms. The number of phenolic OH excluding ortho intramolecular Hbond substituents is 1. The van der Waals surface area contributed by atoms with E-state index in [1.165, 1.54) is 12.8 Å². The number of nitrogens with zero attached hydrogens (tertiary/aromatic N) is 1. The first-order valence-electron chi connectivity index (χ1n) is 7.31. The Morgan fingerprint density at radius 3 is 2.38 bits per heavy atom. The third-order valence-corrected chi connectivity index (χ3v) is 3.18. The minimum absolute atomic E-state index is 0. The predicted octanol–water partition coefficient (Wildman–Crippen LogP) is 3.63. The van der Waals surface area contributed by atoms with Gasteiger partial charge in [0.15, 0.2) is 5.96 Å². The van der Waals surface area contributed by atoms with E-state index < -0.39 is 0 Å². The van der Waals surface area contributed by atoms with Gasteiger partial charge in [-0.1, -0.05) is 38.8 Å². The standard InChI is InChI=1S/C16H27N3O.HI/c1-12(2)5-4-6-13(3)19-16(17)18-11-14-7-9-15(20)10-8-14;/h7-10,12-13,20H,4-6,11H2,1-3H3,(H3,17,18,19);1H. The van der Waals surface area contributed by atoms with E-state index in [-0.39, 0.29) is 29.7 Å². The number of aliphatic imine (C=N–C) groups is 1. The molecule has 0 saturated carbocycles. The number of phenols is 1. The lowest BCUT2D eigenvalue weighted by atomic mass is 10.0. The molecule has 4 N–H and O–H groups in total. The van der Waals surface area contributed by atoms with Gasteiger partial charge in [0.2, 0.25) is 0 Å². The number of nitrogens with one attached hydrogen (secondary N) is 1. The fraction of sp³-hybridized carbons (Fsp3) is 0.562. The highest BCUT2D eigenvalue weighted by Crippen LogP contribution is 2.10. The van der Waals surface area contributed by atoms with Gasteiger partial charge in [-0.3, -0.25) is 0 Å². The molecule has 0 saturated heterocycles. The molecule has 0 heterocycles. The van der Waals surface area contributed by atoms with E-state index in [0.717, 1.165) is 17.9 Å². The first kappa shape index (κ1) is 20.0. The molecule has 1 aromatic rings. The summed E-state index contributed by atoms with van der Waals surface area (Å²) < 4.78 is 0. The van der Waals surface area contributed by atoms with Crippen molar-refractivity contribution >= 4 is 29.9 Å². The molecule has 0 amide bonds. The summed E-state index contributed by atoms with van der Waals surface area (Å²) in [5.41, 5.74) is 6.90. The molecule has 0 aliphatic heterocycles. The molecular formula is C16H28IN3O. The average Bonchev–Trinajstić information content (AvgIpc) is 2.37. The Morgan fingerprint density at radius 2 is 1.81 bits per heavy atom. The molecule has 0 aliphatic carbocycles. The quantitative estimate of drug-likeness (QED) is 0.369. The molecule has 5 heteroatoms. The van der Waals surface area contributed by atoms with Crippen LogP contribution in [0.25, 0.3) is 0 Å². The van der Waals surface area contributed by atoms with Gasteiger partial charge in [0.25, 0.3) is 0 Å². The van der Waals surface area contributed by atoms with Gasteiger partial charge in [0.1, 0.15) is 5.75 Å². The van der Waals surface area contributed by atoms with Crippen LogP contribution in [0.4, 0.5) is 0 Å². The van der Waals surface area contributed by atoms with Crippen LogP contribution in [0, 0.1) is 5.92 Å². The summed E-state index contributed by atoms with van der Waals surface area (Å²) in [5, 5.41) is 12.4. The highest BCUT2D eigenvalue weighted by Gasteiger charge is 2.03. The summed E-state index contributed by atoms with van der Waals surface area (Å²) in [6.45, 7) is 7.14. The monoisotopic (exact) mass is 405 g/mol. The molecule has 1 atom stereocenters. The van der Waals surface area contributed by atoms with E-state index in [1.54, 1.807) is 12.1 Å². The third kappa shape index (κ3) is 9.55. The Labute approximate surface area is 145 Å². The maximum Gasteiger partial charge on any atom is 0.189 e. The van der Waals surface area contributed by atoms with Crippen molar-refractivity contribution < 1.29 is 5.11 Å². The first-order valence-corrected chi connectivity index (χ1v) is 7.31. The van der Waals surface area contributed by atoms with Gasteiger partial charge >= 0.3 is 0 Å². The van der Waals surface area contributed by atoms with Crippen molar-refractivity contribution in [3.63, 3.8) is 0 Å². The van der Waals surface area contributed by atoms with Crippen molar-refractivity contribution in [1.82, 2.24) is 5.32 Å². The van der Waals surface area contributed by atoms with E-state index in [9.17, 15) is 5.11 Å². The van der Waals surface area contributed by atoms with E-state index in [2.05, 4.69) is 31.1 Å². The van der Waals surface area contributed by atoms with Crippen LogP contribution in [0.5, 0.6) is 5.75 Å². The second-order valence-electron chi connectivity index (χ2n) is 5.74. The highest BCUT2D eigenvalue weighted by molar-refractivity contribution is 14.0. The summed E-state index contributed by atoms with van der Waals surface area (Å²) in [4.78, 5) is 4.31. The zero-order valence-electron chi connectivity index (χ0n) is 13.2. The summed E-state index contributed by atoms with van der Waals surface area (Å²) in [7, 11) is 0. The van der Waals surface area contributed by atoms with E-state index >= 15 is 0 Å². The molecular weight excluding hydrogens is 377 g/mol. The van der Waals surface area contributed by atoms with Gasteiger partial charge in [0.05, 0.1) is 6.54 Å². The molecule has 1 unspecified atom stereocenters. The Morgan fingerprint density at radius 1 is 1.19 bits per heavy atom. The van der Waals surface area contributed by atoms with Crippen LogP contribution < -0.4 is 11.1 Å². The van der Waals surface area contributed by atoms with Crippen LogP contribution in [0.15, 0.2) is 29.3 Å². The number of benzene rings is 1. The van der Waals surface area contributed by atoms with Crippen LogP contribution in [-0.4, -0.2) is 17.1 Å². The van der Waals surface area contributed by atoms with Gasteiger partial charge < -0.3 is 16.2 Å². The van der Waals surface area contributed by atoms with Gasteiger partial charge in [-0.25, -0.2) is 4.99 Å². The Balaban J connectivity index is 0.00000400. The van der Waals surface area contributed by atoms with Crippen LogP contribution in [0.1, 0.15) is 45.6 Å². The Kier molecular flexibility index (Phi) is 10.2. The fourth-order valence-electron chi connectivity index (χ4n) is 1.98. The van der Waals surface area contributed by atoms with Crippen molar-refractivity contribution in [3.05, 3.63) is 29.8 Å². The van der Waals surface area contributed by atoms with Gasteiger partial charge in [0, 0.05) is 6.04 Å². The Hall–Kier alpha value is -0.980. The smallest absolute Gasteiger partial charge is 0.189 e. The molecule has 21 heavy (non-hydrogen) atoms. The van der Waals surface area contributed by atoms with Crippen molar-refractivity contribution in [1.29, 1.82) is 0 Å². The molecule has 1 rings (SSSR count). The number of nitrogens with two attached hydrogens (primary N) is 1. The maximum atomic E-state index is 9.20. The molecule has 0 fully saturated rings. The van der Waals surface area contributed by atoms with Crippen molar-refractivity contribution in [2.75, 3.05) is 0 Å². The van der Waals surface area contributed by atoms with Crippen LogP contribution in [-0.2, 0) is 6.54 Å². The summed E-state index contributed by atoms with van der Waals surface area (Å²) in [6.07, 6.45) is 3.56. The minimum atomic E-state index is 0. The van der Waals surface area contributed by atoms with Crippen molar-refractivity contribution in [3.8, 4) is 5.75 Å². The normalized spacial score (nSPS) is 12.9. The van der Waals surface area contributed by atoms with Crippen molar-refractivity contribution in [2.24, 2.45) is 16.6 Å². The average molecular weight is 405 g/mol. The van der Waals surface area contributed by atoms with Crippen LogP contribution >= 0.6 is 24.0 Å². The number of rotatable bonds is 7. The van der Waals surface area contributed by atoms with E-state index in [1.807, 2.05) is 12.1 Å². The fourth-order valence-corrected chi connectivity index (χ4v) is 1.98. The molecule has 0 radical (unpaired) electrons. The lowest BCUT2D eigenvalue weighted by Gasteiger charge is -2.15. The molecule has 0 aromatic heterocycles. The van der Waals surface area contributed by atoms with Crippen LogP contribution in [0.2, 0.25) is 0 Å². The third-order valence-electron chi connectivity index (χ3n) is 3.18. The molecule has 1 aromatic carbocycles. The summed E-state index contributed by atoms with van der Waals surface area (Å²) in [6, 6.07) is 7.35. The predicted molar refractivity (Wildman–Crippen MR) is 100 cm³/mol. The molecule has 0 bridgehead atoms. The topological polar surface area (TPSA) is 70.6 Å². The summed E-state index contributed by atoms with van der Waals surface area (Å²) in [5.74, 6) is 1.50. The maximum absolute atomic E-state index is 9.20. The van der Waals surface area contributed by atoms with Crippen LogP contribution in [0.3, 0.4) is 0 Å². The highest BCUT2D eigenvalue weighted by atomic mass is 127. The Bertz CT molecular complexity index is 418.